The average Bonchev–Trinajstić information content (AvgIpc) is 3.13. The summed E-state index contributed by atoms with van der Waals surface area (Å²) in [7, 11) is -5.29. The van der Waals surface area contributed by atoms with Gasteiger partial charge in [-0.25, -0.2) is 28.4 Å². The summed E-state index contributed by atoms with van der Waals surface area (Å²) in [5, 5.41) is 6.12. The first kappa shape index (κ1) is 15.1. The molecule has 10 nitrogen and oxygen atoms in total. The number of fused-ring (bicyclic) bond motifs is 1. The molecule has 0 bridgehead atoms. The predicted molar refractivity (Wildman–Crippen MR) is 126 cm³/mol. The van der Waals surface area contributed by atoms with Gasteiger partial charge >= 0.3 is 0 Å². The van der Waals surface area contributed by atoms with Crippen LogP contribution in [0.2, 0.25) is 0 Å². The zero-order chi connectivity index (χ0) is 28.0. The molecule has 0 aliphatic rings. The molecule has 0 atom stereocenters. The molecular weight excluding hydrogens is 428 g/mol. The fraction of sp³-hybridized carbons (Fsp3) is 0.238. The molecule has 3 heterocycles. The Bertz CT molecular complexity index is 1600. The highest BCUT2D eigenvalue weighted by Crippen LogP contribution is 2.33. The molecule has 4 aromatic rings. The minimum absolute atomic E-state index is 0.0240. The fourth-order valence-electron chi connectivity index (χ4n) is 3.21. The number of rotatable bonds is 6. The molecule has 1 aromatic carbocycles. The molecule has 0 saturated carbocycles. The minimum atomic E-state index is -5.29. The normalized spacial score (nSPS) is 15.1. The number of para-hydroxylation sites is 2. The smallest absolute Gasteiger partial charge is 0.232 e. The molecule has 0 unspecified atom stereocenters. The summed E-state index contributed by atoms with van der Waals surface area (Å²) in [6.07, 6.45) is -3.61. The third kappa shape index (κ3) is 4.47. The third-order valence-corrected chi connectivity index (χ3v) is 5.11. The number of nitrogens with one attached hydrogen (secondary N) is 3. The Labute approximate surface area is 194 Å². The molecule has 32 heavy (non-hydrogen) atoms. The van der Waals surface area contributed by atoms with Gasteiger partial charge in [-0.15, -0.1) is 0 Å². The number of benzene rings is 1. The van der Waals surface area contributed by atoms with E-state index in [1.54, 1.807) is 32.0 Å². The Balaban J connectivity index is 1.84. The van der Waals surface area contributed by atoms with Gasteiger partial charge in [0.15, 0.2) is 5.65 Å². The van der Waals surface area contributed by atoms with Crippen LogP contribution in [0.15, 0.2) is 36.4 Å². The van der Waals surface area contributed by atoms with Gasteiger partial charge in [0, 0.05) is 33.0 Å². The second-order valence-corrected chi connectivity index (χ2v) is 8.37. The standard InChI is InChI=1S/C21H24N8O2S/c1-12-10-18(23-13(2)22-12)27-19-11-16(20-21(28-19)25-14(3)24-20)26-15-8-6-7-9-17(15)29(4)32(5,30)31/h6-11H,1-5H3,(H3,22,23,24,25,26,27,28)/i4D3,5D3. The maximum atomic E-state index is 12.9. The molecule has 0 spiro atoms. The molecule has 4 rings (SSSR count). The van der Waals surface area contributed by atoms with Crippen LogP contribution in [0.1, 0.15) is 25.6 Å². The van der Waals surface area contributed by atoms with Crippen molar-refractivity contribution in [3.05, 3.63) is 53.7 Å². The summed E-state index contributed by atoms with van der Waals surface area (Å²) in [5.74, 6) is 1.92. The number of aromatic nitrogens is 5. The van der Waals surface area contributed by atoms with Crippen LogP contribution in [0.3, 0.4) is 0 Å². The molecule has 0 amide bonds. The molecule has 0 radical (unpaired) electrons. The first-order chi connectivity index (χ1) is 17.6. The van der Waals surface area contributed by atoms with Gasteiger partial charge in [-0.2, -0.15) is 0 Å². The number of hydrogen-bond donors (Lipinski definition) is 3. The lowest BCUT2D eigenvalue weighted by atomic mass is 10.2. The van der Waals surface area contributed by atoms with E-state index < -0.39 is 23.2 Å². The quantitative estimate of drug-likeness (QED) is 0.400. The largest absolute Gasteiger partial charge is 0.352 e. The highest BCUT2D eigenvalue weighted by Gasteiger charge is 2.17. The van der Waals surface area contributed by atoms with Gasteiger partial charge in [0.25, 0.3) is 0 Å². The van der Waals surface area contributed by atoms with Crippen molar-refractivity contribution in [3.63, 3.8) is 0 Å². The molecular formula is C21H24N8O2S. The molecule has 0 saturated heterocycles. The Morgan fingerprint density at radius 1 is 0.969 bits per heavy atom. The SMILES string of the molecule is [2H]C([2H])([2H])N(c1ccccc1Nc1cc(Nc2cc(C)nc(C)n2)nc2nc(C)[nH]c12)S(=O)(=O)C([2H])([2H])[2H]. The van der Waals surface area contributed by atoms with Gasteiger partial charge in [0.1, 0.15) is 28.8 Å². The van der Waals surface area contributed by atoms with Gasteiger partial charge in [-0.1, -0.05) is 12.1 Å². The molecule has 3 N–H and O–H groups in total. The molecule has 11 heteroatoms. The topological polar surface area (TPSA) is 129 Å². The van der Waals surface area contributed by atoms with Crippen LogP contribution in [0.5, 0.6) is 0 Å². The second-order valence-electron chi connectivity index (χ2n) is 7.05. The van der Waals surface area contributed by atoms with Gasteiger partial charge in [0.05, 0.1) is 23.2 Å². The number of nitrogens with zero attached hydrogens (tertiary/aromatic N) is 5. The Kier molecular flexibility index (Phi) is 3.82. The molecule has 166 valence electrons. The van der Waals surface area contributed by atoms with Crippen LogP contribution >= 0.6 is 0 Å². The fourth-order valence-corrected chi connectivity index (χ4v) is 3.63. The zero-order valence-electron chi connectivity index (χ0n) is 23.4. The van der Waals surface area contributed by atoms with E-state index in [1.165, 1.54) is 18.2 Å². The van der Waals surface area contributed by atoms with E-state index in [-0.39, 0.29) is 15.7 Å². The minimum Gasteiger partial charge on any atom is -0.352 e. The monoisotopic (exact) mass is 458 g/mol. The third-order valence-electron chi connectivity index (χ3n) is 4.43. The van der Waals surface area contributed by atoms with Crippen LogP contribution in [0, 0.1) is 20.8 Å². The number of aromatic amines is 1. The van der Waals surface area contributed by atoms with E-state index in [0.717, 1.165) is 5.69 Å². The summed E-state index contributed by atoms with van der Waals surface area (Å²) in [6, 6.07) is 8.92. The van der Waals surface area contributed by atoms with Crippen molar-refractivity contribution in [1.29, 1.82) is 0 Å². The van der Waals surface area contributed by atoms with E-state index in [4.69, 9.17) is 8.22 Å². The second kappa shape index (κ2) is 8.08. The van der Waals surface area contributed by atoms with Crippen LogP contribution < -0.4 is 14.9 Å². The van der Waals surface area contributed by atoms with E-state index in [9.17, 15) is 8.42 Å². The van der Waals surface area contributed by atoms with Crippen molar-refractivity contribution in [1.82, 2.24) is 24.9 Å². The van der Waals surface area contributed by atoms with E-state index in [2.05, 4.69) is 35.6 Å². The molecule has 0 fully saturated rings. The lowest BCUT2D eigenvalue weighted by Gasteiger charge is -2.21. The number of sulfonamides is 1. The Morgan fingerprint density at radius 2 is 1.75 bits per heavy atom. The van der Waals surface area contributed by atoms with Crippen molar-refractivity contribution in [3.8, 4) is 0 Å². The van der Waals surface area contributed by atoms with Crippen LogP contribution in [0.25, 0.3) is 11.2 Å². The van der Waals surface area contributed by atoms with Crippen LogP contribution in [0.4, 0.5) is 28.7 Å². The number of pyridine rings is 1. The summed E-state index contributed by atoms with van der Waals surface area (Å²) in [6.45, 7) is 1.97. The number of anilines is 5. The number of hydrogen-bond acceptors (Lipinski definition) is 8. The van der Waals surface area contributed by atoms with Crippen molar-refractivity contribution in [2.75, 3.05) is 28.1 Å². The Hall–Kier alpha value is -3.73. The number of imidazole rings is 1. The molecule has 0 aliphatic carbocycles. The Morgan fingerprint density at radius 3 is 2.50 bits per heavy atom. The highest BCUT2D eigenvalue weighted by molar-refractivity contribution is 7.92. The average molecular weight is 459 g/mol. The van der Waals surface area contributed by atoms with E-state index >= 15 is 0 Å². The van der Waals surface area contributed by atoms with Gasteiger partial charge in [-0.3, -0.25) is 4.31 Å². The summed E-state index contributed by atoms with van der Waals surface area (Å²) < 4.78 is 71.5. The lowest BCUT2D eigenvalue weighted by molar-refractivity contribution is 0.600. The predicted octanol–water partition coefficient (Wildman–Crippen LogP) is 3.56. The summed E-state index contributed by atoms with van der Waals surface area (Å²) >= 11 is 0. The lowest BCUT2D eigenvalue weighted by Crippen LogP contribution is -2.25. The first-order valence-corrected chi connectivity index (χ1v) is 10.9. The molecule has 0 aliphatic heterocycles. The van der Waals surface area contributed by atoms with Crippen LogP contribution in [-0.4, -0.2) is 46.5 Å². The van der Waals surface area contributed by atoms with E-state index in [1.807, 2.05) is 6.92 Å². The number of H-pyrrole nitrogens is 1. The van der Waals surface area contributed by atoms with Crippen molar-refractivity contribution in [2.45, 2.75) is 20.8 Å². The first-order valence-electron chi connectivity index (χ1n) is 12.4. The van der Waals surface area contributed by atoms with Gasteiger partial charge < -0.3 is 15.6 Å². The number of aryl methyl sites for hydroxylation is 3. The van der Waals surface area contributed by atoms with E-state index in [0.29, 0.717) is 40.1 Å². The molecule has 3 aromatic heterocycles. The maximum absolute atomic E-state index is 12.9. The zero-order valence-corrected chi connectivity index (χ0v) is 18.2. The summed E-state index contributed by atoms with van der Waals surface area (Å²) in [5.41, 5.74) is 1.53. The van der Waals surface area contributed by atoms with Crippen molar-refractivity contribution < 1.29 is 16.6 Å². The highest BCUT2D eigenvalue weighted by atomic mass is 32.2. The van der Waals surface area contributed by atoms with Crippen LogP contribution in [-0.2, 0) is 10.0 Å². The van der Waals surface area contributed by atoms with Crippen molar-refractivity contribution in [2.24, 2.45) is 0 Å². The van der Waals surface area contributed by atoms with Gasteiger partial charge in [-0.05, 0) is 32.9 Å². The van der Waals surface area contributed by atoms with Gasteiger partial charge in [0.2, 0.25) is 10.0 Å². The maximum Gasteiger partial charge on any atom is 0.232 e. The summed E-state index contributed by atoms with van der Waals surface area (Å²) in [4.78, 5) is 20.5. The van der Waals surface area contributed by atoms with Crippen molar-refractivity contribution >= 4 is 49.9 Å².